The summed E-state index contributed by atoms with van der Waals surface area (Å²) in [5.74, 6) is 5.49. The van der Waals surface area contributed by atoms with Crippen LogP contribution in [-0.2, 0) is 4.74 Å². The van der Waals surface area contributed by atoms with Crippen LogP contribution < -0.4 is 16.6 Å². The molecule has 1 atom stereocenters. The number of morpholine rings is 1. The summed E-state index contributed by atoms with van der Waals surface area (Å²) in [7, 11) is 0. The number of ether oxygens (including phenoxy) is 1. The number of hydrazine groups is 1. The van der Waals surface area contributed by atoms with Crippen LogP contribution in [0.15, 0.2) is 16.7 Å². The van der Waals surface area contributed by atoms with Crippen LogP contribution in [0.3, 0.4) is 0 Å². The number of nitrogens with zero attached hydrogens (tertiary/aromatic N) is 2. The maximum atomic E-state index is 12.2. The molecule has 1 aliphatic heterocycles. The molecule has 1 aliphatic rings. The van der Waals surface area contributed by atoms with Crippen molar-refractivity contribution in [1.82, 2.24) is 15.2 Å². The Morgan fingerprint density at radius 3 is 3.19 bits per heavy atom. The number of pyridine rings is 1. The summed E-state index contributed by atoms with van der Waals surface area (Å²) in [6.45, 7) is 6.04. The molecule has 2 heterocycles. The van der Waals surface area contributed by atoms with Crippen molar-refractivity contribution < 1.29 is 9.53 Å². The Kier molecular flexibility index (Phi) is 5.92. The number of anilines is 1. The predicted octanol–water partition coefficient (Wildman–Crippen LogP) is 0.580. The average Bonchev–Trinajstić information content (AvgIpc) is 2.52. The Morgan fingerprint density at radius 2 is 2.48 bits per heavy atom. The number of nitrogens with one attached hydrogen (secondary N) is 2. The molecule has 0 spiro atoms. The highest BCUT2D eigenvalue weighted by molar-refractivity contribution is 9.10. The minimum Gasteiger partial charge on any atom is -0.374 e. The van der Waals surface area contributed by atoms with Crippen LogP contribution in [0.1, 0.15) is 17.3 Å². The first-order valence-corrected chi connectivity index (χ1v) is 7.67. The molecule has 1 amide bonds. The number of nitrogens with two attached hydrogens (primary N) is 1. The molecule has 2 rings (SSSR count). The van der Waals surface area contributed by atoms with Gasteiger partial charge in [0.1, 0.15) is 0 Å². The summed E-state index contributed by atoms with van der Waals surface area (Å²) in [6.07, 6.45) is 1.59. The zero-order chi connectivity index (χ0) is 15.2. The lowest BCUT2D eigenvalue weighted by atomic mass is 10.2. The average molecular weight is 358 g/mol. The fourth-order valence-electron chi connectivity index (χ4n) is 2.22. The minimum atomic E-state index is -0.228. The quantitative estimate of drug-likeness (QED) is 0.527. The van der Waals surface area contributed by atoms with Crippen molar-refractivity contribution >= 4 is 27.7 Å². The SMILES string of the molecule is CCN1CCOC(CNC(=O)c2cc(Br)cnc2NN)C1. The summed E-state index contributed by atoms with van der Waals surface area (Å²) >= 11 is 3.30. The van der Waals surface area contributed by atoms with Gasteiger partial charge in [0, 0.05) is 30.3 Å². The van der Waals surface area contributed by atoms with Crippen LogP contribution in [0.4, 0.5) is 5.82 Å². The molecule has 0 saturated carbocycles. The van der Waals surface area contributed by atoms with E-state index in [1.807, 2.05) is 0 Å². The Morgan fingerprint density at radius 1 is 1.67 bits per heavy atom. The van der Waals surface area contributed by atoms with Crippen molar-refractivity contribution in [3.8, 4) is 0 Å². The van der Waals surface area contributed by atoms with E-state index >= 15 is 0 Å². The molecule has 116 valence electrons. The first kappa shape index (κ1) is 16.2. The van der Waals surface area contributed by atoms with Crippen LogP contribution in [-0.4, -0.2) is 54.7 Å². The Bertz CT molecular complexity index is 499. The van der Waals surface area contributed by atoms with Crippen LogP contribution in [0.2, 0.25) is 0 Å². The van der Waals surface area contributed by atoms with E-state index in [4.69, 9.17) is 10.6 Å². The topological polar surface area (TPSA) is 92.5 Å². The number of nitrogen functional groups attached to an aromatic ring is 1. The monoisotopic (exact) mass is 357 g/mol. The second kappa shape index (κ2) is 7.69. The molecule has 8 heteroatoms. The van der Waals surface area contributed by atoms with Gasteiger partial charge in [-0.05, 0) is 28.5 Å². The fourth-order valence-corrected chi connectivity index (χ4v) is 2.55. The summed E-state index contributed by atoms with van der Waals surface area (Å²) in [5, 5.41) is 2.87. The van der Waals surface area contributed by atoms with Gasteiger partial charge in [0.25, 0.3) is 5.91 Å². The van der Waals surface area contributed by atoms with Crippen molar-refractivity contribution in [3.63, 3.8) is 0 Å². The van der Waals surface area contributed by atoms with E-state index in [2.05, 4.69) is 43.5 Å². The van der Waals surface area contributed by atoms with Crippen molar-refractivity contribution in [2.24, 2.45) is 5.84 Å². The third-order valence-corrected chi connectivity index (χ3v) is 3.83. The van der Waals surface area contributed by atoms with Gasteiger partial charge in [-0.3, -0.25) is 9.69 Å². The van der Waals surface area contributed by atoms with Crippen LogP contribution in [0.5, 0.6) is 0 Å². The van der Waals surface area contributed by atoms with Gasteiger partial charge in [0.05, 0.1) is 18.3 Å². The zero-order valence-electron chi connectivity index (χ0n) is 11.9. The molecule has 1 saturated heterocycles. The highest BCUT2D eigenvalue weighted by Crippen LogP contribution is 2.17. The first-order valence-electron chi connectivity index (χ1n) is 6.88. The van der Waals surface area contributed by atoms with Crippen LogP contribution in [0.25, 0.3) is 0 Å². The Balaban J connectivity index is 1.94. The van der Waals surface area contributed by atoms with E-state index in [1.165, 1.54) is 0 Å². The normalized spacial score (nSPS) is 19.3. The van der Waals surface area contributed by atoms with E-state index in [0.29, 0.717) is 24.5 Å². The summed E-state index contributed by atoms with van der Waals surface area (Å²) in [5.41, 5.74) is 2.82. The third kappa shape index (κ3) is 4.37. The predicted molar refractivity (Wildman–Crippen MR) is 83.9 cm³/mol. The molecule has 1 aromatic rings. The molecule has 1 aromatic heterocycles. The smallest absolute Gasteiger partial charge is 0.255 e. The van der Waals surface area contributed by atoms with Gasteiger partial charge in [-0.25, -0.2) is 10.8 Å². The summed E-state index contributed by atoms with van der Waals surface area (Å²) < 4.78 is 6.38. The Labute approximate surface area is 132 Å². The molecule has 1 fully saturated rings. The standard InChI is InChI=1S/C13H20BrN5O2/c1-2-19-3-4-21-10(8-19)7-17-13(20)11-5-9(14)6-16-12(11)18-15/h5-6,10H,2-4,7-8,15H2,1H3,(H,16,18)(H,17,20). The lowest BCUT2D eigenvalue weighted by Gasteiger charge is -2.32. The van der Waals surface area contributed by atoms with Gasteiger partial charge >= 0.3 is 0 Å². The number of hydrogen-bond donors (Lipinski definition) is 3. The van der Waals surface area contributed by atoms with E-state index in [1.54, 1.807) is 12.3 Å². The van der Waals surface area contributed by atoms with Gasteiger partial charge in [-0.2, -0.15) is 0 Å². The minimum absolute atomic E-state index is 0.0112. The molecule has 21 heavy (non-hydrogen) atoms. The molecule has 0 aromatic carbocycles. The number of amides is 1. The number of halogens is 1. The van der Waals surface area contributed by atoms with Gasteiger partial charge in [0.2, 0.25) is 0 Å². The molecule has 0 radical (unpaired) electrons. The number of aromatic nitrogens is 1. The molecule has 0 aliphatic carbocycles. The molecular weight excluding hydrogens is 338 g/mol. The van der Waals surface area contributed by atoms with Crippen molar-refractivity contribution in [2.45, 2.75) is 13.0 Å². The fraction of sp³-hybridized carbons (Fsp3) is 0.538. The van der Waals surface area contributed by atoms with Gasteiger partial charge in [-0.15, -0.1) is 0 Å². The lowest BCUT2D eigenvalue weighted by Crippen LogP contribution is -2.47. The summed E-state index contributed by atoms with van der Waals surface area (Å²) in [4.78, 5) is 18.6. The molecule has 7 nitrogen and oxygen atoms in total. The molecule has 0 bridgehead atoms. The molecular formula is C13H20BrN5O2. The van der Waals surface area contributed by atoms with Gasteiger partial charge < -0.3 is 15.5 Å². The second-order valence-electron chi connectivity index (χ2n) is 4.79. The van der Waals surface area contributed by atoms with Crippen LogP contribution in [0, 0.1) is 0 Å². The number of hydrogen-bond acceptors (Lipinski definition) is 6. The largest absolute Gasteiger partial charge is 0.374 e. The maximum Gasteiger partial charge on any atom is 0.255 e. The second-order valence-corrected chi connectivity index (χ2v) is 5.71. The number of carbonyl (C=O) groups excluding carboxylic acids is 1. The molecule has 1 unspecified atom stereocenters. The van der Waals surface area contributed by atoms with Gasteiger partial charge in [-0.1, -0.05) is 6.92 Å². The van der Waals surface area contributed by atoms with E-state index < -0.39 is 0 Å². The maximum absolute atomic E-state index is 12.2. The highest BCUT2D eigenvalue weighted by Gasteiger charge is 2.21. The molecule has 4 N–H and O–H groups in total. The van der Waals surface area contributed by atoms with E-state index in [0.717, 1.165) is 24.1 Å². The Hall–Kier alpha value is -1.22. The number of rotatable bonds is 5. The van der Waals surface area contributed by atoms with Gasteiger partial charge in [0.15, 0.2) is 5.82 Å². The van der Waals surface area contributed by atoms with E-state index in [-0.39, 0.29) is 12.0 Å². The zero-order valence-corrected chi connectivity index (χ0v) is 13.5. The first-order chi connectivity index (χ1) is 10.1. The van der Waals surface area contributed by atoms with Crippen LogP contribution >= 0.6 is 15.9 Å². The van der Waals surface area contributed by atoms with Crippen molar-refractivity contribution in [2.75, 3.05) is 38.2 Å². The number of carbonyl (C=O) groups is 1. The lowest BCUT2D eigenvalue weighted by molar-refractivity contribution is -0.0246. The van der Waals surface area contributed by atoms with Crippen molar-refractivity contribution in [3.05, 3.63) is 22.3 Å². The number of likely N-dealkylation sites (N-methyl/N-ethyl adjacent to an activating group) is 1. The highest BCUT2D eigenvalue weighted by atomic mass is 79.9. The third-order valence-electron chi connectivity index (χ3n) is 3.40. The van der Waals surface area contributed by atoms with Crippen molar-refractivity contribution in [1.29, 1.82) is 0 Å². The summed E-state index contributed by atoms with van der Waals surface area (Å²) in [6, 6.07) is 1.68. The van der Waals surface area contributed by atoms with E-state index in [9.17, 15) is 4.79 Å².